The molecule has 0 radical (unpaired) electrons. The molecule has 1 saturated heterocycles. The Labute approximate surface area is 152 Å². The van der Waals surface area contributed by atoms with Crippen molar-refractivity contribution in [2.24, 2.45) is 0 Å². The zero-order valence-electron chi connectivity index (χ0n) is 14.9. The number of carbonyl (C=O) groups is 2. The minimum Gasteiger partial charge on any atom is -0.466 e. The molecule has 6 heteroatoms. The molecule has 136 valence electrons. The van der Waals surface area contributed by atoms with Gasteiger partial charge in [-0.2, -0.15) is 0 Å². The molecule has 0 saturated carbocycles. The van der Waals surface area contributed by atoms with Crippen LogP contribution >= 0.6 is 0 Å². The van der Waals surface area contributed by atoms with Crippen LogP contribution in [-0.2, 0) is 11.2 Å². The van der Waals surface area contributed by atoms with Gasteiger partial charge in [-0.3, -0.25) is 9.59 Å². The number of likely N-dealkylation sites (tertiary alicyclic amines) is 1. The van der Waals surface area contributed by atoms with Crippen LogP contribution in [0.1, 0.15) is 41.1 Å². The second-order valence-electron chi connectivity index (χ2n) is 7.10. The van der Waals surface area contributed by atoms with E-state index in [-0.39, 0.29) is 11.8 Å². The molecule has 2 N–H and O–H groups in total. The summed E-state index contributed by atoms with van der Waals surface area (Å²) >= 11 is 0. The van der Waals surface area contributed by atoms with E-state index in [1.165, 1.54) is 0 Å². The van der Waals surface area contributed by atoms with E-state index in [0.717, 1.165) is 17.2 Å². The van der Waals surface area contributed by atoms with Crippen LogP contribution in [0.2, 0.25) is 0 Å². The number of amides is 2. The zero-order valence-corrected chi connectivity index (χ0v) is 14.9. The Hall–Kier alpha value is -2.76. The van der Waals surface area contributed by atoms with Gasteiger partial charge in [0.25, 0.3) is 5.91 Å². The fourth-order valence-electron chi connectivity index (χ4n) is 3.76. The summed E-state index contributed by atoms with van der Waals surface area (Å²) in [4.78, 5) is 26.8. The smallest absolute Gasteiger partial charge is 0.255 e. The van der Waals surface area contributed by atoms with E-state index in [9.17, 15) is 9.59 Å². The number of nitrogens with zero attached hydrogens (tertiary/aromatic N) is 1. The normalized spacial score (nSPS) is 18.2. The van der Waals surface area contributed by atoms with Crippen LogP contribution in [0.25, 0.3) is 0 Å². The molecule has 2 amide bonds. The van der Waals surface area contributed by atoms with Crippen molar-refractivity contribution in [3.05, 3.63) is 53.5 Å². The van der Waals surface area contributed by atoms with Gasteiger partial charge >= 0.3 is 0 Å². The molecule has 1 fully saturated rings. The SMILES string of the molecule is Cc1ccc(CCC(=O)N2CCC3(CC2)NC(=O)c2ccccc2N3)o1. The molecular weight excluding hydrogens is 330 g/mol. The molecule has 6 nitrogen and oxygen atoms in total. The van der Waals surface area contributed by atoms with Gasteiger partial charge < -0.3 is 20.0 Å². The highest BCUT2D eigenvalue weighted by molar-refractivity contribution is 6.02. The number of benzene rings is 1. The lowest BCUT2D eigenvalue weighted by atomic mass is 9.92. The average Bonchev–Trinajstić information content (AvgIpc) is 3.06. The standard InChI is InChI=1S/C20H23N3O3/c1-14-6-7-15(26-14)8-9-18(24)23-12-10-20(11-13-23)21-17-5-3-2-4-16(17)19(25)22-20/h2-7,21H,8-13H2,1H3,(H,22,25). The van der Waals surface area contributed by atoms with E-state index in [2.05, 4.69) is 10.6 Å². The van der Waals surface area contributed by atoms with Crippen molar-refractivity contribution in [1.29, 1.82) is 0 Å². The predicted molar refractivity (Wildman–Crippen MR) is 97.8 cm³/mol. The Morgan fingerprint density at radius 1 is 1.15 bits per heavy atom. The minimum absolute atomic E-state index is 0.0488. The first-order chi connectivity index (χ1) is 12.5. The van der Waals surface area contributed by atoms with E-state index in [4.69, 9.17) is 4.42 Å². The van der Waals surface area contributed by atoms with Crippen molar-refractivity contribution < 1.29 is 14.0 Å². The minimum atomic E-state index is -0.458. The third kappa shape index (κ3) is 3.19. The largest absolute Gasteiger partial charge is 0.466 e. The third-order valence-electron chi connectivity index (χ3n) is 5.25. The van der Waals surface area contributed by atoms with Gasteiger partial charge in [-0.1, -0.05) is 12.1 Å². The lowest BCUT2D eigenvalue weighted by molar-refractivity contribution is -0.132. The second-order valence-corrected chi connectivity index (χ2v) is 7.10. The molecular formula is C20H23N3O3. The van der Waals surface area contributed by atoms with Crippen LogP contribution in [0, 0.1) is 6.92 Å². The molecule has 2 aliphatic heterocycles. The molecule has 0 unspecified atom stereocenters. The van der Waals surface area contributed by atoms with Crippen LogP contribution < -0.4 is 10.6 Å². The lowest BCUT2D eigenvalue weighted by Crippen LogP contribution is -2.62. The molecule has 0 bridgehead atoms. The van der Waals surface area contributed by atoms with E-state index in [1.807, 2.05) is 48.2 Å². The Bertz CT molecular complexity index is 834. The molecule has 3 heterocycles. The maximum atomic E-state index is 12.5. The molecule has 2 aliphatic rings. The fourth-order valence-corrected chi connectivity index (χ4v) is 3.76. The zero-order chi connectivity index (χ0) is 18.1. The number of hydrogen-bond acceptors (Lipinski definition) is 4. The van der Waals surface area contributed by atoms with Crippen LogP contribution in [0.3, 0.4) is 0 Å². The van der Waals surface area contributed by atoms with Gasteiger partial charge in [0.05, 0.1) is 5.56 Å². The summed E-state index contributed by atoms with van der Waals surface area (Å²) in [6, 6.07) is 11.4. The predicted octanol–water partition coefficient (Wildman–Crippen LogP) is 2.69. The number of carbonyl (C=O) groups excluding carboxylic acids is 2. The summed E-state index contributed by atoms with van der Waals surface area (Å²) in [7, 11) is 0. The van der Waals surface area contributed by atoms with Crippen molar-refractivity contribution in [2.45, 2.75) is 38.3 Å². The summed E-state index contributed by atoms with van der Waals surface area (Å²) in [5, 5.41) is 6.58. The molecule has 0 atom stereocenters. The number of para-hydroxylation sites is 1. The van der Waals surface area contributed by atoms with Crippen molar-refractivity contribution in [3.8, 4) is 0 Å². The summed E-state index contributed by atoms with van der Waals surface area (Å²) < 4.78 is 5.53. The van der Waals surface area contributed by atoms with Crippen molar-refractivity contribution in [2.75, 3.05) is 18.4 Å². The highest BCUT2D eigenvalue weighted by atomic mass is 16.3. The van der Waals surface area contributed by atoms with Gasteiger partial charge in [0.1, 0.15) is 17.2 Å². The van der Waals surface area contributed by atoms with E-state index >= 15 is 0 Å². The lowest BCUT2D eigenvalue weighted by Gasteiger charge is -2.45. The van der Waals surface area contributed by atoms with Crippen molar-refractivity contribution >= 4 is 17.5 Å². The van der Waals surface area contributed by atoms with Gasteiger partial charge in [0.15, 0.2) is 0 Å². The molecule has 2 aromatic rings. The van der Waals surface area contributed by atoms with Crippen LogP contribution in [0.4, 0.5) is 5.69 Å². The van der Waals surface area contributed by atoms with E-state index < -0.39 is 5.66 Å². The van der Waals surface area contributed by atoms with E-state index in [0.29, 0.717) is 44.3 Å². The van der Waals surface area contributed by atoms with Crippen molar-refractivity contribution in [1.82, 2.24) is 10.2 Å². The number of anilines is 1. The quantitative estimate of drug-likeness (QED) is 0.890. The molecule has 1 spiro atoms. The Kier molecular flexibility index (Phi) is 4.18. The Morgan fingerprint density at radius 3 is 2.65 bits per heavy atom. The van der Waals surface area contributed by atoms with Crippen LogP contribution in [0.15, 0.2) is 40.8 Å². The van der Waals surface area contributed by atoms with Gasteiger partial charge in [-0.15, -0.1) is 0 Å². The second kappa shape index (κ2) is 6.52. The highest BCUT2D eigenvalue weighted by Gasteiger charge is 2.40. The number of nitrogens with one attached hydrogen (secondary N) is 2. The molecule has 1 aromatic heterocycles. The molecule has 0 aliphatic carbocycles. The molecule has 1 aromatic carbocycles. The van der Waals surface area contributed by atoms with Crippen molar-refractivity contribution in [3.63, 3.8) is 0 Å². The first-order valence-corrected chi connectivity index (χ1v) is 9.07. The Balaban J connectivity index is 1.35. The highest BCUT2D eigenvalue weighted by Crippen LogP contribution is 2.31. The summed E-state index contributed by atoms with van der Waals surface area (Å²) in [6.07, 6.45) is 2.45. The number of rotatable bonds is 3. The average molecular weight is 353 g/mol. The fraction of sp³-hybridized carbons (Fsp3) is 0.400. The first-order valence-electron chi connectivity index (χ1n) is 9.07. The van der Waals surface area contributed by atoms with Crippen LogP contribution in [0.5, 0.6) is 0 Å². The maximum absolute atomic E-state index is 12.5. The summed E-state index contributed by atoms with van der Waals surface area (Å²) in [5.74, 6) is 1.80. The monoisotopic (exact) mass is 353 g/mol. The van der Waals surface area contributed by atoms with Gasteiger partial charge in [-0.05, 0) is 31.2 Å². The Morgan fingerprint density at radius 2 is 1.92 bits per heavy atom. The number of furan rings is 1. The summed E-state index contributed by atoms with van der Waals surface area (Å²) in [6.45, 7) is 3.16. The van der Waals surface area contributed by atoms with Gasteiger partial charge in [0, 0.05) is 44.5 Å². The van der Waals surface area contributed by atoms with Crippen LogP contribution in [-0.4, -0.2) is 35.5 Å². The summed E-state index contributed by atoms with van der Waals surface area (Å²) in [5.41, 5.74) is 1.08. The number of aryl methyl sites for hydroxylation is 2. The number of piperidine rings is 1. The number of hydrogen-bond donors (Lipinski definition) is 2. The third-order valence-corrected chi connectivity index (χ3v) is 5.25. The van der Waals surface area contributed by atoms with E-state index in [1.54, 1.807) is 0 Å². The topological polar surface area (TPSA) is 74.6 Å². The molecule has 4 rings (SSSR count). The molecule has 26 heavy (non-hydrogen) atoms. The van der Waals surface area contributed by atoms with Gasteiger partial charge in [0.2, 0.25) is 5.91 Å². The number of fused-ring (bicyclic) bond motifs is 1. The van der Waals surface area contributed by atoms with Gasteiger partial charge in [-0.25, -0.2) is 0 Å². The first kappa shape index (κ1) is 16.7. The maximum Gasteiger partial charge on any atom is 0.255 e.